The van der Waals surface area contributed by atoms with Gasteiger partial charge in [-0.3, -0.25) is 0 Å². The molecule has 0 bridgehead atoms. The minimum Gasteiger partial charge on any atom is -0.197 e. The van der Waals surface area contributed by atoms with Crippen LogP contribution in [0.2, 0.25) is 0 Å². The monoisotopic (exact) mass is 221 g/mol. The molecule has 0 atom stereocenters. The second-order valence-corrected chi connectivity index (χ2v) is 3.06. The Balaban J connectivity index is 0.00000128. The van der Waals surface area contributed by atoms with Crippen molar-refractivity contribution in [2.24, 2.45) is 5.29 Å². The van der Waals surface area contributed by atoms with Crippen molar-refractivity contribution in [2.75, 3.05) is 5.01 Å². The number of nitrogens with zero attached hydrogens (tertiary/aromatic N) is 2. The van der Waals surface area contributed by atoms with Gasteiger partial charge in [0.2, 0.25) is 0 Å². The Morgan fingerprint density at radius 2 is 1.12 bits per heavy atom. The van der Waals surface area contributed by atoms with Crippen LogP contribution in [0.5, 0.6) is 0 Å². The van der Waals surface area contributed by atoms with E-state index >= 15 is 0 Å². The molecule has 0 saturated heterocycles. The minimum atomic E-state index is 0. The van der Waals surface area contributed by atoms with Crippen LogP contribution in [0.3, 0.4) is 0 Å². The van der Waals surface area contributed by atoms with E-state index in [1.54, 1.807) is 0 Å². The molecule has 0 aliphatic carbocycles. The number of rotatable bonds is 3. The van der Waals surface area contributed by atoms with Crippen LogP contribution in [0.25, 0.3) is 0 Å². The van der Waals surface area contributed by atoms with E-state index in [0.717, 1.165) is 11.4 Å². The minimum absolute atomic E-state index is 0. The van der Waals surface area contributed by atoms with Crippen molar-refractivity contribution in [1.82, 2.24) is 0 Å². The molecule has 4 heteroatoms. The predicted molar refractivity (Wildman–Crippen MR) is 66.6 cm³/mol. The summed E-state index contributed by atoms with van der Waals surface area (Å²) in [5.74, 6) is 0. The summed E-state index contributed by atoms with van der Waals surface area (Å²) in [6, 6.07) is 18.7. The SMILES string of the molecule is O=NN(c1ccccc1)c1ccccc1.[Na]. The molecule has 0 aromatic heterocycles. The summed E-state index contributed by atoms with van der Waals surface area (Å²) >= 11 is 0. The van der Waals surface area contributed by atoms with Gasteiger partial charge in [-0.25, -0.2) is 0 Å². The van der Waals surface area contributed by atoms with Crippen molar-refractivity contribution in [2.45, 2.75) is 0 Å². The fourth-order valence-corrected chi connectivity index (χ4v) is 1.38. The molecule has 0 fully saturated rings. The zero-order valence-electron chi connectivity index (χ0n) is 9.08. The molecule has 3 nitrogen and oxygen atoms in total. The van der Waals surface area contributed by atoms with Crippen LogP contribution < -0.4 is 5.01 Å². The van der Waals surface area contributed by atoms with Gasteiger partial charge in [-0.15, -0.1) is 4.91 Å². The van der Waals surface area contributed by atoms with E-state index < -0.39 is 0 Å². The maximum atomic E-state index is 10.8. The average molecular weight is 221 g/mol. The molecule has 0 amide bonds. The van der Waals surface area contributed by atoms with Crippen LogP contribution >= 0.6 is 0 Å². The third-order valence-electron chi connectivity index (χ3n) is 2.08. The molecule has 0 saturated carbocycles. The second kappa shape index (κ2) is 6.43. The van der Waals surface area contributed by atoms with Gasteiger partial charge in [0, 0.05) is 29.6 Å². The summed E-state index contributed by atoms with van der Waals surface area (Å²) in [4.78, 5) is 10.8. The first-order valence-electron chi connectivity index (χ1n) is 4.65. The Hall–Kier alpha value is -1.16. The molecule has 1 radical (unpaired) electrons. The summed E-state index contributed by atoms with van der Waals surface area (Å²) in [6.07, 6.45) is 0. The van der Waals surface area contributed by atoms with Crippen molar-refractivity contribution in [1.29, 1.82) is 0 Å². The molecule has 0 N–H and O–H groups in total. The molecule has 0 aliphatic rings. The van der Waals surface area contributed by atoms with Crippen LogP contribution in [0.15, 0.2) is 65.9 Å². The van der Waals surface area contributed by atoms with Gasteiger partial charge >= 0.3 is 0 Å². The number of para-hydroxylation sites is 2. The molecule has 2 rings (SSSR count). The fraction of sp³-hybridized carbons (Fsp3) is 0. The van der Waals surface area contributed by atoms with E-state index in [1.165, 1.54) is 5.01 Å². The first-order chi connectivity index (χ1) is 7.42. The molecule has 2 aromatic carbocycles. The van der Waals surface area contributed by atoms with Gasteiger partial charge in [0.25, 0.3) is 0 Å². The van der Waals surface area contributed by atoms with E-state index in [0.29, 0.717) is 0 Å². The molecular formula is C12H10N2NaO. The van der Waals surface area contributed by atoms with E-state index in [2.05, 4.69) is 5.29 Å². The van der Waals surface area contributed by atoms with Crippen molar-refractivity contribution >= 4 is 40.9 Å². The van der Waals surface area contributed by atoms with Crippen LogP contribution in [0.4, 0.5) is 11.4 Å². The zero-order valence-corrected chi connectivity index (χ0v) is 11.1. The third kappa shape index (κ3) is 2.92. The number of hydrogen-bond donors (Lipinski definition) is 0. The summed E-state index contributed by atoms with van der Waals surface area (Å²) in [5.41, 5.74) is 1.53. The Labute approximate surface area is 116 Å². The summed E-state index contributed by atoms with van der Waals surface area (Å²) in [7, 11) is 0. The Bertz CT molecular complexity index is 394. The number of nitroso groups, excluding NO2 is 1. The van der Waals surface area contributed by atoms with Crippen molar-refractivity contribution < 1.29 is 0 Å². The zero-order chi connectivity index (χ0) is 10.5. The molecule has 0 heterocycles. The maximum Gasteiger partial charge on any atom is 0.0685 e. The van der Waals surface area contributed by atoms with Gasteiger partial charge in [0.15, 0.2) is 0 Å². The molecule has 75 valence electrons. The van der Waals surface area contributed by atoms with Gasteiger partial charge < -0.3 is 0 Å². The van der Waals surface area contributed by atoms with Crippen molar-refractivity contribution in [3.05, 3.63) is 65.6 Å². The summed E-state index contributed by atoms with van der Waals surface area (Å²) in [6.45, 7) is 0. The Morgan fingerprint density at radius 1 is 0.750 bits per heavy atom. The van der Waals surface area contributed by atoms with E-state index in [1.807, 2.05) is 60.7 Å². The van der Waals surface area contributed by atoms with E-state index in [9.17, 15) is 4.91 Å². The molecule has 0 spiro atoms. The predicted octanol–water partition coefficient (Wildman–Crippen LogP) is 3.13. The number of anilines is 2. The van der Waals surface area contributed by atoms with Crippen LogP contribution in [0.1, 0.15) is 0 Å². The van der Waals surface area contributed by atoms with Crippen molar-refractivity contribution in [3.8, 4) is 0 Å². The molecule has 2 aromatic rings. The molecule has 16 heavy (non-hydrogen) atoms. The Kier molecular flexibility index (Phi) is 5.19. The van der Waals surface area contributed by atoms with Gasteiger partial charge in [-0.05, 0) is 24.3 Å². The van der Waals surface area contributed by atoms with Gasteiger partial charge in [0.05, 0.1) is 16.7 Å². The quantitative estimate of drug-likeness (QED) is 0.453. The van der Waals surface area contributed by atoms with Crippen molar-refractivity contribution in [3.63, 3.8) is 0 Å². The maximum absolute atomic E-state index is 10.8. The summed E-state index contributed by atoms with van der Waals surface area (Å²) < 4.78 is 0. The summed E-state index contributed by atoms with van der Waals surface area (Å²) in [5, 5.41) is 4.37. The average Bonchev–Trinajstić information content (AvgIpc) is 2.33. The molecule has 0 aliphatic heterocycles. The fourth-order valence-electron chi connectivity index (χ4n) is 1.38. The number of benzene rings is 2. The Morgan fingerprint density at radius 3 is 1.44 bits per heavy atom. The van der Waals surface area contributed by atoms with Crippen LogP contribution in [-0.4, -0.2) is 29.6 Å². The van der Waals surface area contributed by atoms with Crippen LogP contribution in [0, 0.1) is 4.91 Å². The largest absolute Gasteiger partial charge is 0.197 e. The van der Waals surface area contributed by atoms with E-state index in [-0.39, 0.29) is 29.6 Å². The van der Waals surface area contributed by atoms with Gasteiger partial charge in [0.1, 0.15) is 0 Å². The van der Waals surface area contributed by atoms with Gasteiger partial charge in [-0.2, -0.15) is 5.01 Å². The van der Waals surface area contributed by atoms with Gasteiger partial charge in [-0.1, -0.05) is 36.4 Å². The second-order valence-electron chi connectivity index (χ2n) is 3.06. The first kappa shape index (κ1) is 12.9. The molecule has 0 unspecified atom stereocenters. The van der Waals surface area contributed by atoms with Crippen LogP contribution in [-0.2, 0) is 0 Å². The number of hydrogen-bond acceptors (Lipinski definition) is 2. The molecular weight excluding hydrogens is 211 g/mol. The standard InChI is InChI=1S/C12H10N2O.Na/c15-13-14(11-7-3-1-4-8-11)12-9-5-2-6-10-12;/h1-10H;. The normalized spacial score (nSPS) is 9.00. The first-order valence-corrected chi connectivity index (χ1v) is 4.65. The third-order valence-corrected chi connectivity index (χ3v) is 2.08. The topological polar surface area (TPSA) is 32.7 Å². The van der Waals surface area contributed by atoms with E-state index in [4.69, 9.17) is 0 Å². The smallest absolute Gasteiger partial charge is 0.0685 e.